The van der Waals surface area contributed by atoms with Gasteiger partial charge in [-0.1, -0.05) is 32.4 Å². The van der Waals surface area contributed by atoms with Gasteiger partial charge < -0.3 is 9.84 Å². The molecule has 23 heavy (non-hydrogen) atoms. The summed E-state index contributed by atoms with van der Waals surface area (Å²) in [5, 5.41) is 9.31. The predicted octanol–water partition coefficient (Wildman–Crippen LogP) is 6.11. The van der Waals surface area contributed by atoms with Gasteiger partial charge in [0.2, 0.25) is 0 Å². The molecule has 0 saturated heterocycles. The Bertz CT molecular complexity index is 648. The molecule has 0 spiro atoms. The molecule has 0 aromatic heterocycles. The van der Waals surface area contributed by atoms with E-state index in [-0.39, 0.29) is 5.75 Å². The fourth-order valence-electron chi connectivity index (χ4n) is 2.41. The highest BCUT2D eigenvalue weighted by Gasteiger charge is 2.34. The number of ether oxygens (including phenoxy) is 1. The average molecular weight is 324 g/mol. The van der Waals surface area contributed by atoms with Crippen LogP contribution in [0.15, 0.2) is 42.5 Å². The molecule has 0 bridgehead atoms. The lowest BCUT2D eigenvalue weighted by atomic mass is 9.97. The van der Waals surface area contributed by atoms with E-state index in [2.05, 4.69) is 13.8 Å². The number of rotatable bonds is 5. The van der Waals surface area contributed by atoms with Gasteiger partial charge in [-0.2, -0.15) is 13.2 Å². The molecule has 0 aliphatic rings. The molecule has 0 saturated carbocycles. The Hall–Kier alpha value is -2.17. The Labute approximate surface area is 133 Å². The first kappa shape index (κ1) is 17.2. The highest BCUT2D eigenvalue weighted by atomic mass is 19.4. The van der Waals surface area contributed by atoms with Crippen LogP contribution in [-0.4, -0.2) is 5.11 Å². The van der Waals surface area contributed by atoms with Gasteiger partial charge in [-0.25, -0.2) is 0 Å². The summed E-state index contributed by atoms with van der Waals surface area (Å²) in [6, 6.07) is 10.4. The molecule has 5 heteroatoms. The van der Waals surface area contributed by atoms with Gasteiger partial charge >= 0.3 is 6.18 Å². The van der Waals surface area contributed by atoms with Gasteiger partial charge in [0.05, 0.1) is 0 Å². The Morgan fingerprint density at radius 3 is 2.22 bits per heavy atom. The molecule has 0 heterocycles. The number of halogens is 3. The van der Waals surface area contributed by atoms with Crippen LogP contribution < -0.4 is 4.74 Å². The van der Waals surface area contributed by atoms with Gasteiger partial charge in [0.15, 0.2) is 0 Å². The maximum absolute atomic E-state index is 12.8. The van der Waals surface area contributed by atoms with Crippen molar-refractivity contribution < 1.29 is 23.0 Å². The van der Waals surface area contributed by atoms with Crippen LogP contribution in [0.3, 0.4) is 0 Å². The van der Waals surface area contributed by atoms with Gasteiger partial charge in [-0.3, -0.25) is 0 Å². The standard InChI is InChI=1S/C18H19F3O2/c1-3-4-12(2)13-5-7-14(8-6-13)23-15-9-10-17(22)16(11-15)18(19,20)21/h5-12,22H,3-4H2,1-2H3. The number of phenols is 1. The summed E-state index contributed by atoms with van der Waals surface area (Å²) in [6.45, 7) is 4.26. The van der Waals surface area contributed by atoms with Crippen molar-refractivity contribution in [3.63, 3.8) is 0 Å². The van der Waals surface area contributed by atoms with Crippen LogP contribution in [0.4, 0.5) is 13.2 Å². The first-order chi connectivity index (χ1) is 10.8. The van der Waals surface area contributed by atoms with E-state index in [9.17, 15) is 18.3 Å². The van der Waals surface area contributed by atoms with Crippen LogP contribution in [-0.2, 0) is 6.18 Å². The average Bonchev–Trinajstić information content (AvgIpc) is 2.49. The maximum Gasteiger partial charge on any atom is 0.420 e. The van der Waals surface area contributed by atoms with Crippen molar-refractivity contribution in [1.29, 1.82) is 0 Å². The monoisotopic (exact) mass is 324 g/mol. The summed E-state index contributed by atoms with van der Waals surface area (Å²) < 4.78 is 43.8. The van der Waals surface area contributed by atoms with Crippen LogP contribution in [0.1, 0.15) is 43.7 Å². The minimum absolute atomic E-state index is 0.0319. The Morgan fingerprint density at radius 2 is 1.65 bits per heavy atom. The summed E-state index contributed by atoms with van der Waals surface area (Å²) in [6.07, 6.45) is -2.46. The summed E-state index contributed by atoms with van der Waals surface area (Å²) in [4.78, 5) is 0. The van der Waals surface area contributed by atoms with E-state index in [1.165, 1.54) is 11.6 Å². The molecule has 124 valence electrons. The predicted molar refractivity (Wildman–Crippen MR) is 82.9 cm³/mol. The number of phenolic OH excluding ortho intramolecular Hbond substituents is 1. The maximum atomic E-state index is 12.8. The molecule has 0 aliphatic carbocycles. The quantitative estimate of drug-likeness (QED) is 0.719. The van der Waals surface area contributed by atoms with Gasteiger partial charge in [0.1, 0.15) is 22.8 Å². The number of benzene rings is 2. The third-order valence-corrected chi connectivity index (χ3v) is 3.68. The molecule has 0 amide bonds. The molecule has 1 unspecified atom stereocenters. The van der Waals surface area contributed by atoms with Crippen LogP contribution in [0, 0.1) is 0 Å². The van der Waals surface area contributed by atoms with E-state index >= 15 is 0 Å². The van der Waals surface area contributed by atoms with Crippen LogP contribution >= 0.6 is 0 Å². The Morgan fingerprint density at radius 1 is 1.04 bits per heavy atom. The molecule has 2 nitrogen and oxygen atoms in total. The fourth-order valence-corrected chi connectivity index (χ4v) is 2.41. The minimum Gasteiger partial charge on any atom is -0.507 e. The Balaban J connectivity index is 2.16. The van der Waals surface area contributed by atoms with Crippen molar-refractivity contribution in [2.75, 3.05) is 0 Å². The number of hydrogen-bond donors (Lipinski definition) is 1. The number of alkyl halides is 3. The zero-order valence-electron chi connectivity index (χ0n) is 13.0. The summed E-state index contributed by atoms with van der Waals surface area (Å²) in [7, 11) is 0. The van der Waals surface area contributed by atoms with Crippen LogP contribution in [0.5, 0.6) is 17.2 Å². The SMILES string of the molecule is CCCC(C)c1ccc(Oc2ccc(O)c(C(F)(F)F)c2)cc1. The van der Waals surface area contributed by atoms with Gasteiger partial charge in [-0.05, 0) is 48.2 Å². The van der Waals surface area contributed by atoms with Crippen LogP contribution in [0.2, 0.25) is 0 Å². The molecule has 2 aromatic rings. The molecule has 0 aliphatic heterocycles. The second-order valence-electron chi connectivity index (χ2n) is 5.54. The first-order valence-electron chi connectivity index (χ1n) is 7.49. The van der Waals surface area contributed by atoms with E-state index < -0.39 is 17.5 Å². The fraction of sp³-hybridized carbons (Fsp3) is 0.333. The zero-order valence-corrected chi connectivity index (χ0v) is 13.0. The highest BCUT2D eigenvalue weighted by Crippen LogP contribution is 2.38. The molecule has 1 atom stereocenters. The third kappa shape index (κ3) is 4.41. The smallest absolute Gasteiger partial charge is 0.420 e. The largest absolute Gasteiger partial charge is 0.507 e. The molecular weight excluding hydrogens is 305 g/mol. The van der Waals surface area contributed by atoms with E-state index in [0.717, 1.165) is 25.0 Å². The number of hydrogen-bond acceptors (Lipinski definition) is 2. The van der Waals surface area contributed by atoms with Crippen molar-refractivity contribution in [3.8, 4) is 17.2 Å². The molecule has 0 fully saturated rings. The summed E-state index contributed by atoms with van der Waals surface area (Å²) in [5.74, 6) is 0.105. The van der Waals surface area contributed by atoms with Crippen molar-refractivity contribution >= 4 is 0 Å². The van der Waals surface area contributed by atoms with Gasteiger partial charge in [0, 0.05) is 0 Å². The van der Waals surface area contributed by atoms with E-state index in [1.54, 1.807) is 12.1 Å². The van der Waals surface area contributed by atoms with Crippen LogP contribution in [0.25, 0.3) is 0 Å². The first-order valence-corrected chi connectivity index (χ1v) is 7.49. The molecular formula is C18H19F3O2. The van der Waals surface area contributed by atoms with Gasteiger partial charge in [0.25, 0.3) is 0 Å². The minimum atomic E-state index is -4.62. The lowest BCUT2D eigenvalue weighted by molar-refractivity contribution is -0.138. The number of aromatic hydroxyl groups is 1. The lowest BCUT2D eigenvalue weighted by Gasteiger charge is -2.13. The molecule has 2 aromatic carbocycles. The van der Waals surface area contributed by atoms with Crippen molar-refractivity contribution in [3.05, 3.63) is 53.6 Å². The molecule has 0 radical (unpaired) electrons. The van der Waals surface area contributed by atoms with Gasteiger partial charge in [-0.15, -0.1) is 0 Å². The van der Waals surface area contributed by atoms with Crippen molar-refractivity contribution in [2.24, 2.45) is 0 Å². The zero-order chi connectivity index (χ0) is 17.0. The second kappa shape index (κ2) is 6.94. The molecule has 2 rings (SSSR count). The summed E-state index contributed by atoms with van der Waals surface area (Å²) >= 11 is 0. The lowest BCUT2D eigenvalue weighted by Crippen LogP contribution is -2.05. The topological polar surface area (TPSA) is 29.5 Å². The van der Waals surface area contributed by atoms with E-state index in [1.807, 2.05) is 12.1 Å². The third-order valence-electron chi connectivity index (χ3n) is 3.68. The molecule has 1 N–H and O–H groups in total. The second-order valence-corrected chi connectivity index (χ2v) is 5.54. The highest BCUT2D eigenvalue weighted by molar-refractivity contribution is 5.43. The normalized spacial score (nSPS) is 12.9. The van der Waals surface area contributed by atoms with E-state index in [0.29, 0.717) is 11.7 Å². The summed E-state index contributed by atoms with van der Waals surface area (Å²) in [5.41, 5.74) is 0.0593. The van der Waals surface area contributed by atoms with Crippen molar-refractivity contribution in [2.45, 2.75) is 38.8 Å². The van der Waals surface area contributed by atoms with E-state index in [4.69, 9.17) is 4.74 Å². The van der Waals surface area contributed by atoms with Crippen molar-refractivity contribution in [1.82, 2.24) is 0 Å². The Kier molecular flexibility index (Phi) is 5.19.